The Morgan fingerprint density at radius 1 is 0.886 bits per heavy atom. The summed E-state index contributed by atoms with van der Waals surface area (Å²) in [7, 11) is -5.52. The van der Waals surface area contributed by atoms with E-state index in [1.54, 1.807) is 24.3 Å². The van der Waals surface area contributed by atoms with E-state index in [1.807, 2.05) is 24.3 Å². The molecule has 15 heteroatoms. The van der Waals surface area contributed by atoms with Gasteiger partial charge in [0.05, 0.1) is 11.4 Å². The summed E-state index contributed by atoms with van der Waals surface area (Å²) in [6.45, 7) is 0.0852. The topological polar surface area (TPSA) is 150 Å². The van der Waals surface area contributed by atoms with Crippen LogP contribution in [-0.2, 0) is 16.4 Å². The zero-order valence-electron chi connectivity index (χ0n) is 23.2. The molecule has 1 aliphatic carbocycles. The number of aromatic nitrogens is 4. The summed E-state index contributed by atoms with van der Waals surface area (Å²) in [6.07, 6.45) is 5.79. The van der Waals surface area contributed by atoms with Gasteiger partial charge in [-0.25, -0.2) is 13.2 Å². The van der Waals surface area contributed by atoms with Gasteiger partial charge in [0.25, 0.3) is 21.7 Å². The van der Waals surface area contributed by atoms with E-state index in [4.69, 9.17) is 0 Å². The number of hydrogen-bond donors (Lipinski definition) is 3. The average Bonchev–Trinajstić information content (AvgIpc) is 3.53. The van der Waals surface area contributed by atoms with Crippen LogP contribution < -0.4 is 15.5 Å². The minimum Gasteiger partial charge on any atom is -0.308 e. The molecule has 1 fully saturated rings. The lowest BCUT2D eigenvalue weighted by molar-refractivity contribution is -0.0436. The highest BCUT2D eigenvalue weighted by atomic mass is 32.2. The van der Waals surface area contributed by atoms with Crippen molar-refractivity contribution in [3.63, 3.8) is 0 Å². The molecule has 4 aromatic rings. The molecule has 0 spiro atoms. The maximum absolute atomic E-state index is 13.5. The number of anilines is 3. The second kappa shape index (κ2) is 12.8. The predicted octanol–water partition coefficient (Wildman–Crippen LogP) is 6.03. The summed E-state index contributed by atoms with van der Waals surface area (Å²) < 4.78 is 62.2. The summed E-state index contributed by atoms with van der Waals surface area (Å²) in [5.41, 5.74) is -2.58. The van der Waals surface area contributed by atoms with Crippen LogP contribution in [0.4, 0.5) is 35.3 Å². The molecule has 1 aliphatic rings. The standard InChI is InChI=1S/C29H28F3N7O4S/c30-29(31,32)44(42,43)25-16-12-23(13-17-25)33-28(41)39(24-14-10-21(11-15-24)20-4-2-1-3-5-20)18-19-6-8-22(9-7-19)26(40)34-27-35-37-38-36-27/h6-17,20H,1-5,18H2,(H,33,41)(H2,34,35,36,37,38,40). The van der Waals surface area contributed by atoms with Crippen LogP contribution in [0, 0.1) is 0 Å². The molecule has 0 saturated heterocycles. The van der Waals surface area contributed by atoms with Gasteiger partial charge in [-0.15, -0.1) is 5.10 Å². The molecule has 3 N–H and O–H groups in total. The van der Waals surface area contributed by atoms with Crippen molar-refractivity contribution in [3.05, 3.63) is 89.5 Å². The Balaban J connectivity index is 1.36. The maximum atomic E-state index is 13.5. The molecule has 1 heterocycles. The number of urea groups is 1. The third kappa shape index (κ3) is 7.05. The third-order valence-corrected chi connectivity index (χ3v) is 8.88. The van der Waals surface area contributed by atoms with Crippen molar-refractivity contribution in [1.82, 2.24) is 20.6 Å². The van der Waals surface area contributed by atoms with Crippen LogP contribution in [0.25, 0.3) is 0 Å². The van der Waals surface area contributed by atoms with Gasteiger partial charge in [0.2, 0.25) is 0 Å². The number of tetrazole rings is 1. The third-order valence-electron chi connectivity index (χ3n) is 7.37. The smallest absolute Gasteiger partial charge is 0.308 e. The van der Waals surface area contributed by atoms with E-state index in [1.165, 1.54) is 29.7 Å². The predicted molar refractivity (Wildman–Crippen MR) is 156 cm³/mol. The van der Waals surface area contributed by atoms with Gasteiger partial charge in [-0.1, -0.05) is 48.6 Å². The van der Waals surface area contributed by atoms with Crippen molar-refractivity contribution >= 4 is 39.1 Å². The van der Waals surface area contributed by atoms with Crippen LogP contribution in [0.1, 0.15) is 59.5 Å². The Morgan fingerprint density at radius 2 is 1.55 bits per heavy atom. The molecule has 0 radical (unpaired) electrons. The van der Waals surface area contributed by atoms with Crippen LogP contribution in [0.3, 0.4) is 0 Å². The fourth-order valence-corrected chi connectivity index (χ4v) is 5.78. The molecule has 1 aromatic heterocycles. The molecule has 0 atom stereocenters. The average molecular weight is 628 g/mol. The molecule has 3 aromatic carbocycles. The van der Waals surface area contributed by atoms with Gasteiger partial charge in [0.15, 0.2) is 0 Å². The summed E-state index contributed by atoms with van der Waals surface area (Å²) in [5.74, 6) is 0.0159. The second-order valence-electron chi connectivity index (χ2n) is 10.3. The lowest BCUT2D eigenvalue weighted by Gasteiger charge is -2.26. The Bertz CT molecular complexity index is 1690. The summed E-state index contributed by atoms with van der Waals surface area (Å²) >= 11 is 0. The van der Waals surface area contributed by atoms with E-state index in [0.29, 0.717) is 22.7 Å². The molecule has 11 nitrogen and oxygen atoms in total. The number of sulfone groups is 1. The number of carbonyl (C=O) groups is 2. The molecule has 0 bridgehead atoms. The quantitative estimate of drug-likeness (QED) is 0.216. The van der Waals surface area contributed by atoms with Crippen molar-refractivity contribution in [2.75, 3.05) is 15.5 Å². The minimum absolute atomic E-state index is 0.0163. The van der Waals surface area contributed by atoms with Crippen LogP contribution >= 0.6 is 0 Å². The highest BCUT2D eigenvalue weighted by molar-refractivity contribution is 7.92. The first-order valence-electron chi connectivity index (χ1n) is 13.7. The van der Waals surface area contributed by atoms with E-state index in [9.17, 15) is 31.2 Å². The normalized spacial score (nSPS) is 14.2. The number of nitrogens with one attached hydrogen (secondary N) is 3. The van der Waals surface area contributed by atoms with Crippen molar-refractivity contribution in [2.24, 2.45) is 0 Å². The lowest BCUT2D eigenvalue weighted by atomic mass is 9.84. The molecule has 0 aliphatic heterocycles. The summed E-state index contributed by atoms with van der Waals surface area (Å²) in [6, 6.07) is 17.4. The van der Waals surface area contributed by atoms with Crippen molar-refractivity contribution in [1.29, 1.82) is 0 Å². The Hall–Kier alpha value is -4.79. The molecule has 3 amide bonds. The summed E-state index contributed by atoms with van der Waals surface area (Å²) in [5, 5.41) is 18.1. The highest BCUT2D eigenvalue weighted by Crippen LogP contribution is 2.34. The van der Waals surface area contributed by atoms with Gasteiger partial charge in [0, 0.05) is 16.9 Å². The molecular formula is C29H28F3N7O4S. The van der Waals surface area contributed by atoms with Crippen molar-refractivity contribution < 1.29 is 31.2 Å². The van der Waals surface area contributed by atoms with Gasteiger partial charge >= 0.3 is 11.5 Å². The Labute approximate surface area is 250 Å². The van der Waals surface area contributed by atoms with E-state index in [0.717, 1.165) is 37.1 Å². The zero-order valence-corrected chi connectivity index (χ0v) is 24.0. The number of benzene rings is 3. The van der Waals surface area contributed by atoms with E-state index in [2.05, 4.69) is 31.3 Å². The molecule has 1 saturated carbocycles. The number of alkyl halides is 3. The van der Waals surface area contributed by atoms with Crippen LogP contribution in [0.2, 0.25) is 0 Å². The fourth-order valence-electron chi connectivity index (χ4n) is 5.02. The number of amides is 3. The van der Waals surface area contributed by atoms with Crippen molar-refractivity contribution in [3.8, 4) is 0 Å². The van der Waals surface area contributed by atoms with Gasteiger partial charge in [-0.05, 0) is 83.6 Å². The fraction of sp³-hybridized carbons (Fsp3) is 0.276. The molecule has 230 valence electrons. The number of aromatic amines is 1. The SMILES string of the molecule is O=C(Nc1nn[nH]n1)c1ccc(CN(C(=O)Nc2ccc(S(=O)(=O)C(F)(F)F)cc2)c2ccc(C3CCCCC3)cc2)cc1. The van der Waals surface area contributed by atoms with E-state index in [-0.39, 0.29) is 18.2 Å². The Morgan fingerprint density at radius 3 is 2.14 bits per heavy atom. The minimum atomic E-state index is -5.52. The Kier molecular flexibility index (Phi) is 8.94. The number of carbonyl (C=O) groups excluding carboxylic acids is 2. The van der Waals surface area contributed by atoms with Gasteiger partial charge in [-0.3, -0.25) is 15.0 Å². The lowest BCUT2D eigenvalue weighted by Crippen LogP contribution is -2.34. The zero-order chi connectivity index (χ0) is 31.3. The van der Waals surface area contributed by atoms with Gasteiger partial charge < -0.3 is 5.32 Å². The molecule has 5 rings (SSSR count). The first-order chi connectivity index (χ1) is 21.0. The molecular weight excluding hydrogens is 599 g/mol. The molecule has 44 heavy (non-hydrogen) atoms. The molecule has 0 unspecified atom stereocenters. The second-order valence-corrected chi connectivity index (χ2v) is 12.2. The number of H-pyrrole nitrogens is 1. The number of hydrogen-bond acceptors (Lipinski definition) is 7. The van der Waals surface area contributed by atoms with Gasteiger partial charge in [-0.2, -0.15) is 18.4 Å². The van der Waals surface area contributed by atoms with Crippen LogP contribution in [-0.4, -0.2) is 46.5 Å². The van der Waals surface area contributed by atoms with Crippen molar-refractivity contribution in [2.45, 2.75) is 55.0 Å². The number of halogens is 3. The van der Waals surface area contributed by atoms with Crippen LogP contribution in [0.15, 0.2) is 77.7 Å². The highest BCUT2D eigenvalue weighted by Gasteiger charge is 2.46. The maximum Gasteiger partial charge on any atom is 0.501 e. The van der Waals surface area contributed by atoms with Crippen LogP contribution in [0.5, 0.6) is 0 Å². The van der Waals surface area contributed by atoms with E-state index >= 15 is 0 Å². The number of nitrogens with zero attached hydrogens (tertiary/aromatic N) is 4. The number of rotatable bonds is 8. The summed E-state index contributed by atoms with van der Waals surface area (Å²) in [4.78, 5) is 26.5. The first-order valence-corrected chi connectivity index (χ1v) is 15.2. The largest absolute Gasteiger partial charge is 0.501 e. The van der Waals surface area contributed by atoms with Gasteiger partial charge in [0.1, 0.15) is 0 Å². The first kappa shape index (κ1) is 30.7. The van der Waals surface area contributed by atoms with E-state index < -0.39 is 32.2 Å². The monoisotopic (exact) mass is 627 g/mol.